The van der Waals surface area contributed by atoms with Crippen LogP contribution in [0.1, 0.15) is 16.7 Å². The highest BCUT2D eigenvalue weighted by atomic mass is 32.2. The highest BCUT2D eigenvalue weighted by molar-refractivity contribution is 7.89. The Balaban J connectivity index is 1.87. The van der Waals surface area contributed by atoms with Crippen LogP contribution in [0.25, 0.3) is 0 Å². The first-order valence-electron chi connectivity index (χ1n) is 10.5. The van der Waals surface area contributed by atoms with Crippen molar-refractivity contribution in [1.29, 1.82) is 5.41 Å². The Morgan fingerprint density at radius 3 is 2.26 bits per heavy atom. The standard InChI is InChI=1S/C22H27N5O6S/c1-15-5-7-18(8-6-15)34(32,33)25-19(14-16-3-2-4-17(13-16)20(23)24-31)21(28)26-9-11-27(12-10-26)22(29)30/h2-8,13,19,25,31H,9-12,14H2,1H3,(H2,23,24)(H,29,30). The van der Waals surface area contributed by atoms with Crippen LogP contribution in [0.5, 0.6) is 0 Å². The van der Waals surface area contributed by atoms with Gasteiger partial charge in [-0.3, -0.25) is 20.9 Å². The molecule has 0 aliphatic carbocycles. The maximum Gasteiger partial charge on any atom is 0.407 e. The highest BCUT2D eigenvalue weighted by Gasteiger charge is 2.32. The lowest BCUT2D eigenvalue weighted by Crippen LogP contribution is -2.56. The normalized spacial score (nSPS) is 15.0. The second-order valence-electron chi connectivity index (χ2n) is 7.97. The molecule has 2 aromatic rings. The number of carboxylic acid groups (broad SMARTS) is 1. The fourth-order valence-electron chi connectivity index (χ4n) is 3.64. The van der Waals surface area contributed by atoms with E-state index in [1.165, 1.54) is 21.9 Å². The summed E-state index contributed by atoms with van der Waals surface area (Å²) in [7, 11) is -4.03. The van der Waals surface area contributed by atoms with Crippen LogP contribution >= 0.6 is 0 Å². The summed E-state index contributed by atoms with van der Waals surface area (Å²) in [5, 5.41) is 25.9. The van der Waals surface area contributed by atoms with Gasteiger partial charge in [-0.2, -0.15) is 4.72 Å². The third-order valence-electron chi connectivity index (χ3n) is 5.56. The van der Waals surface area contributed by atoms with Crippen LogP contribution < -0.4 is 10.2 Å². The van der Waals surface area contributed by atoms with Crippen molar-refractivity contribution in [3.05, 3.63) is 65.2 Å². The van der Waals surface area contributed by atoms with Gasteiger partial charge in [-0.1, -0.05) is 35.9 Å². The third kappa shape index (κ3) is 6.10. The van der Waals surface area contributed by atoms with Crippen molar-refractivity contribution in [2.45, 2.75) is 24.3 Å². The number of sulfonamides is 1. The van der Waals surface area contributed by atoms with Gasteiger partial charge in [-0.05, 0) is 37.1 Å². The molecule has 1 atom stereocenters. The molecule has 1 unspecified atom stereocenters. The van der Waals surface area contributed by atoms with E-state index < -0.39 is 28.1 Å². The maximum atomic E-state index is 13.4. The second-order valence-corrected chi connectivity index (χ2v) is 9.69. The number of carbonyl (C=O) groups excluding carboxylic acids is 1. The molecular formula is C22H27N5O6S. The Kier molecular flexibility index (Phi) is 7.87. The minimum Gasteiger partial charge on any atom is -0.465 e. The van der Waals surface area contributed by atoms with E-state index in [1.807, 2.05) is 6.92 Å². The second kappa shape index (κ2) is 10.6. The summed E-state index contributed by atoms with van der Waals surface area (Å²) in [5.41, 5.74) is 3.59. The lowest BCUT2D eigenvalue weighted by molar-refractivity contribution is -0.134. The predicted octanol–water partition coefficient (Wildman–Crippen LogP) is 1.01. The van der Waals surface area contributed by atoms with Crippen LogP contribution in [0.4, 0.5) is 4.79 Å². The third-order valence-corrected chi connectivity index (χ3v) is 7.04. The molecule has 2 amide bonds. The number of amidine groups is 1. The molecule has 11 nitrogen and oxygen atoms in total. The molecule has 3 rings (SSSR count). The Hall–Kier alpha value is -3.48. The van der Waals surface area contributed by atoms with Gasteiger partial charge in [-0.25, -0.2) is 13.2 Å². The molecular weight excluding hydrogens is 462 g/mol. The molecule has 1 aliphatic heterocycles. The quantitative estimate of drug-likeness (QED) is 0.220. The van der Waals surface area contributed by atoms with E-state index in [9.17, 15) is 18.0 Å². The maximum absolute atomic E-state index is 13.4. The van der Waals surface area contributed by atoms with Crippen molar-refractivity contribution in [3.63, 3.8) is 0 Å². The van der Waals surface area contributed by atoms with Crippen LogP contribution in [-0.4, -0.2) is 78.6 Å². The molecule has 0 radical (unpaired) electrons. The van der Waals surface area contributed by atoms with Gasteiger partial charge in [0.25, 0.3) is 0 Å². The van der Waals surface area contributed by atoms with E-state index in [0.29, 0.717) is 11.1 Å². The predicted molar refractivity (Wildman–Crippen MR) is 123 cm³/mol. The van der Waals surface area contributed by atoms with E-state index >= 15 is 0 Å². The number of benzene rings is 2. The molecule has 12 heteroatoms. The monoisotopic (exact) mass is 489 g/mol. The van der Waals surface area contributed by atoms with Gasteiger partial charge in [0.05, 0.1) is 4.90 Å². The van der Waals surface area contributed by atoms with Crippen molar-refractivity contribution >= 4 is 27.9 Å². The van der Waals surface area contributed by atoms with Crippen molar-refractivity contribution in [3.8, 4) is 0 Å². The SMILES string of the molecule is Cc1ccc(S(=O)(=O)NC(Cc2cccc(C(=N)NO)c2)C(=O)N2CCN(C(=O)O)CC2)cc1. The Morgan fingerprint density at radius 2 is 1.68 bits per heavy atom. The summed E-state index contributed by atoms with van der Waals surface area (Å²) < 4.78 is 28.6. The Labute approximate surface area is 197 Å². The molecule has 1 heterocycles. The minimum absolute atomic E-state index is 0.00435. The van der Waals surface area contributed by atoms with Gasteiger partial charge in [0, 0.05) is 31.7 Å². The molecule has 0 saturated carbocycles. The number of hydroxylamine groups is 1. The van der Waals surface area contributed by atoms with E-state index in [1.54, 1.807) is 41.9 Å². The van der Waals surface area contributed by atoms with E-state index in [4.69, 9.17) is 15.7 Å². The van der Waals surface area contributed by atoms with Crippen LogP contribution in [-0.2, 0) is 21.2 Å². The average Bonchev–Trinajstić information content (AvgIpc) is 2.83. The van der Waals surface area contributed by atoms with Crippen molar-refractivity contribution in [1.82, 2.24) is 20.0 Å². The number of hydrogen-bond donors (Lipinski definition) is 5. The van der Waals surface area contributed by atoms with Crippen LogP contribution in [0.15, 0.2) is 53.4 Å². The number of nitrogens with one attached hydrogen (secondary N) is 3. The summed E-state index contributed by atoms with van der Waals surface area (Å²) in [4.78, 5) is 27.2. The first-order valence-corrected chi connectivity index (χ1v) is 12.0. The van der Waals surface area contributed by atoms with E-state index in [0.717, 1.165) is 5.56 Å². The zero-order valence-electron chi connectivity index (χ0n) is 18.6. The molecule has 0 aromatic heterocycles. The van der Waals surface area contributed by atoms with Gasteiger partial charge in [0.1, 0.15) is 11.9 Å². The van der Waals surface area contributed by atoms with E-state index in [-0.39, 0.29) is 43.3 Å². The summed E-state index contributed by atoms with van der Waals surface area (Å²) in [6, 6.07) is 11.6. The summed E-state index contributed by atoms with van der Waals surface area (Å²) in [6.07, 6.45) is -1.07. The summed E-state index contributed by atoms with van der Waals surface area (Å²) in [6.45, 7) is 2.39. The van der Waals surface area contributed by atoms with E-state index in [2.05, 4.69) is 4.72 Å². The van der Waals surface area contributed by atoms with Gasteiger partial charge < -0.3 is 14.9 Å². The molecule has 2 aromatic carbocycles. The van der Waals surface area contributed by atoms with Gasteiger partial charge in [0.15, 0.2) is 0 Å². The summed E-state index contributed by atoms with van der Waals surface area (Å²) >= 11 is 0. The Morgan fingerprint density at radius 1 is 1.06 bits per heavy atom. The topological polar surface area (TPSA) is 163 Å². The number of amides is 2. The molecule has 1 aliphatic rings. The number of piperazine rings is 1. The molecule has 34 heavy (non-hydrogen) atoms. The van der Waals surface area contributed by atoms with Crippen LogP contribution in [0.2, 0.25) is 0 Å². The van der Waals surface area contributed by atoms with Crippen LogP contribution in [0.3, 0.4) is 0 Å². The number of carbonyl (C=O) groups is 2. The molecule has 1 fully saturated rings. The molecule has 1 saturated heterocycles. The number of rotatable bonds is 7. The van der Waals surface area contributed by atoms with Gasteiger partial charge in [0.2, 0.25) is 15.9 Å². The number of nitrogens with zero attached hydrogens (tertiary/aromatic N) is 2. The first-order chi connectivity index (χ1) is 16.1. The average molecular weight is 490 g/mol. The minimum atomic E-state index is -4.03. The zero-order valence-corrected chi connectivity index (χ0v) is 19.4. The van der Waals surface area contributed by atoms with Gasteiger partial charge in [-0.15, -0.1) is 0 Å². The fraction of sp³-hybridized carbons (Fsp3) is 0.318. The van der Waals surface area contributed by atoms with Crippen molar-refractivity contribution in [2.75, 3.05) is 26.2 Å². The lowest BCUT2D eigenvalue weighted by atomic mass is 10.0. The van der Waals surface area contributed by atoms with Crippen LogP contribution in [0, 0.1) is 12.3 Å². The smallest absolute Gasteiger partial charge is 0.407 e. The number of aryl methyl sites for hydroxylation is 1. The molecule has 0 spiro atoms. The summed E-state index contributed by atoms with van der Waals surface area (Å²) in [5.74, 6) is -0.712. The molecule has 0 bridgehead atoms. The molecule has 182 valence electrons. The van der Waals surface area contributed by atoms with Crippen molar-refractivity contribution in [2.24, 2.45) is 0 Å². The largest absolute Gasteiger partial charge is 0.465 e. The highest BCUT2D eigenvalue weighted by Crippen LogP contribution is 2.16. The number of hydrogen-bond acceptors (Lipinski definition) is 6. The first kappa shape index (κ1) is 25.1. The molecule has 5 N–H and O–H groups in total. The Bertz CT molecular complexity index is 1160. The fourth-order valence-corrected chi connectivity index (χ4v) is 4.83. The zero-order chi connectivity index (χ0) is 24.9. The van der Waals surface area contributed by atoms with Gasteiger partial charge >= 0.3 is 6.09 Å². The lowest BCUT2D eigenvalue weighted by Gasteiger charge is -2.35. The van der Waals surface area contributed by atoms with Crippen molar-refractivity contribution < 1.29 is 28.3 Å².